The lowest BCUT2D eigenvalue weighted by molar-refractivity contribution is 0.134. The molecule has 0 saturated heterocycles. The molecule has 2 aromatic rings. The summed E-state index contributed by atoms with van der Waals surface area (Å²) in [7, 11) is 1.96. The lowest BCUT2D eigenvalue weighted by Crippen LogP contribution is -2.19. The summed E-state index contributed by atoms with van der Waals surface area (Å²) in [5, 5.41) is 3.34. The number of likely N-dealkylation sites (N-methyl/N-ethyl adjacent to an activating group) is 1. The summed E-state index contributed by atoms with van der Waals surface area (Å²) in [6.07, 6.45) is 0.844. The Hall–Kier alpha value is -1.71. The largest absolute Gasteiger partial charge is 0.372 e. The van der Waals surface area contributed by atoms with Crippen molar-refractivity contribution in [1.82, 2.24) is 5.32 Å². The number of rotatable bonds is 4. The number of ether oxygens (including phenoxy) is 1. The molecule has 104 valence electrons. The van der Waals surface area contributed by atoms with Crippen molar-refractivity contribution < 1.29 is 9.13 Å². The fraction of sp³-hybridized carbons (Fsp3) is 0.294. The Kier molecular flexibility index (Phi) is 3.81. The fourth-order valence-corrected chi connectivity index (χ4v) is 2.65. The molecule has 0 bridgehead atoms. The highest BCUT2D eigenvalue weighted by molar-refractivity contribution is 5.35. The van der Waals surface area contributed by atoms with Crippen LogP contribution in [-0.4, -0.2) is 7.05 Å². The van der Waals surface area contributed by atoms with Crippen molar-refractivity contribution in [2.45, 2.75) is 25.7 Å². The SMILES string of the molecule is CNC(Cc1ccc(F)cc1)c1ccc2c(c1)COC2. The van der Waals surface area contributed by atoms with Gasteiger partial charge in [-0.3, -0.25) is 0 Å². The first kappa shape index (κ1) is 13.3. The minimum Gasteiger partial charge on any atom is -0.372 e. The zero-order valence-corrected chi connectivity index (χ0v) is 11.5. The van der Waals surface area contributed by atoms with E-state index in [1.165, 1.54) is 28.8 Å². The molecule has 0 radical (unpaired) electrons. The van der Waals surface area contributed by atoms with Gasteiger partial charge < -0.3 is 10.1 Å². The molecule has 0 aromatic heterocycles. The molecule has 1 atom stereocenters. The summed E-state index contributed by atoms with van der Waals surface area (Å²) in [5.41, 5.74) is 4.94. The minimum atomic E-state index is -0.190. The molecular formula is C17H18FNO. The molecule has 1 aliphatic heterocycles. The predicted molar refractivity (Wildman–Crippen MR) is 76.8 cm³/mol. The Morgan fingerprint density at radius 1 is 1.10 bits per heavy atom. The molecular weight excluding hydrogens is 253 g/mol. The Balaban J connectivity index is 1.81. The van der Waals surface area contributed by atoms with Crippen LogP contribution in [-0.2, 0) is 24.4 Å². The Morgan fingerprint density at radius 3 is 2.60 bits per heavy atom. The number of halogens is 1. The van der Waals surface area contributed by atoms with Gasteiger partial charge in [0.25, 0.3) is 0 Å². The molecule has 1 heterocycles. The van der Waals surface area contributed by atoms with E-state index in [-0.39, 0.29) is 11.9 Å². The van der Waals surface area contributed by atoms with Gasteiger partial charge in [-0.2, -0.15) is 0 Å². The van der Waals surface area contributed by atoms with E-state index in [9.17, 15) is 4.39 Å². The third-order valence-electron chi connectivity index (χ3n) is 3.85. The van der Waals surface area contributed by atoms with Crippen molar-refractivity contribution in [2.75, 3.05) is 7.05 Å². The van der Waals surface area contributed by atoms with Crippen molar-refractivity contribution in [3.05, 3.63) is 70.5 Å². The van der Waals surface area contributed by atoms with Crippen molar-refractivity contribution in [3.8, 4) is 0 Å². The van der Waals surface area contributed by atoms with E-state index in [1.807, 2.05) is 19.2 Å². The molecule has 20 heavy (non-hydrogen) atoms. The molecule has 1 unspecified atom stereocenters. The molecule has 1 aliphatic rings. The second kappa shape index (κ2) is 5.73. The highest BCUT2D eigenvalue weighted by Crippen LogP contribution is 2.25. The van der Waals surface area contributed by atoms with E-state index in [0.717, 1.165) is 18.6 Å². The monoisotopic (exact) mass is 271 g/mol. The van der Waals surface area contributed by atoms with Gasteiger partial charge in [0.15, 0.2) is 0 Å². The second-order valence-corrected chi connectivity index (χ2v) is 5.19. The normalized spacial score (nSPS) is 15.1. The summed E-state index contributed by atoms with van der Waals surface area (Å²) in [6.45, 7) is 1.42. The number of fused-ring (bicyclic) bond motifs is 1. The Labute approximate surface area is 118 Å². The van der Waals surface area contributed by atoms with Gasteiger partial charge in [-0.05, 0) is 47.9 Å². The highest BCUT2D eigenvalue weighted by atomic mass is 19.1. The number of hydrogen-bond donors (Lipinski definition) is 1. The number of hydrogen-bond acceptors (Lipinski definition) is 2. The van der Waals surface area contributed by atoms with Crippen molar-refractivity contribution in [2.24, 2.45) is 0 Å². The van der Waals surface area contributed by atoms with Gasteiger partial charge in [0.2, 0.25) is 0 Å². The molecule has 3 rings (SSSR count). The van der Waals surface area contributed by atoms with Crippen LogP contribution in [0, 0.1) is 5.82 Å². The summed E-state index contributed by atoms with van der Waals surface area (Å²) in [6, 6.07) is 13.5. The van der Waals surface area contributed by atoms with Crippen molar-refractivity contribution >= 4 is 0 Å². The fourth-order valence-electron chi connectivity index (χ4n) is 2.65. The average Bonchev–Trinajstić information content (AvgIpc) is 2.94. The van der Waals surface area contributed by atoms with Gasteiger partial charge in [0, 0.05) is 6.04 Å². The summed E-state index contributed by atoms with van der Waals surface area (Å²) in [5.74, 6) is -0.190. The maximum Gasteiger partial charge on any atom is 0.123 e. The quantitative estimate of drug-likeness (QED) is 0.920. The van der Waals surface area contributed by atoms with E-state index < -0.39 is 0 Å². The maximum absolute atomic E-state index is 12.9. The van der Waals surface area contributed by atoms with Crippen molar-refractivity contribution in [3.63, 3.8) is 0 Å². The van der Waals surface area contributed by atoms with E-state index in [2.05, 4.69) is 23.5 Å². The van der Waals surface area contributed by atoms with Gasteiger partial charge in [0.1, 0.15) is 5.82 Å². The van der Waals surface area contributed by atoms with Gasteiger partial charge in [-0.25, -0.2) is 4.39 Å². The van der Waals surface area contributed by atoms with E-state index in [0.29, 0.717) is 6.61 Å². The summed E-state index contributed by atoms with van der Waals surface area (Å²) < 4.78 is 18.4. The van der Waals surface area contributed by atoms with Crippen molar-refractivity contribution in [1.29, 1.82) is 0 Å². The maximum atomic E-state index is 12.9. The van der Waals surface area contributed by atoms with Crippen LogP contribution in [0.2, 0.25) is 0 Å². The first-order chi connectivity index (χ1) is 9.76. The third-order valence-corrected chi connectivity index (χ3v) is 3.85. The van der Waals surface area contributed by atoms with Crippen LogP contribution in [0.15, 0.2) is 42.5 Å². The van der Waals surface area contributed by atoms with Crippen LogP contribution in [0.3, 0.4) is 0 Å². The third kappa shape index (κ3) is 2.74. The van der Waals surface area contributed by atoms with E-state index in [4.69, 9.17) is 4.74 Å². The molecule has 3 heteroatoms. The lowest BCUT2D eigenvalue weighted by Gasteiger charge is -2.17. The molecule has 0 spiro atoms. The average molecular weight is 271 g/mol. The first-order valence-electron chi connectivity index (χ1n) is 6.87. The van der Waals surface area contributed by atoms with Gasteiger partial charge in [-0.15, -0.1) is 0 Å². The van der Waals surface area contributed by atoms with Crippen LogP contribution in [0.5, 0.6) is 0 Å². The van der Waals surface area contributed by atoms with Gasteiger partial charge >= 0.3 is 0 Å². The molecule has 2 nitrogen and oxygen atoms in total. The molecule has 2 aromatic carbocycles. The van der Waals surface area contributed by atoms with Crippen LogP contribution in [0.4, 0.5) is 4.39 Å². The smallest absolute Gasteiger partial charge is 0.123 e. The zero-order chi connectivity index (χ0) is 13.9. The highest BCUT2D eigenvalue weighted by Gasteiger charge is 2.15. The second-order valence-electron chi connectivity index (χ2n) is 5.19. The molecule has 1 N–H and O–H groups in total. The first-order valence-corrected chi connectivity index (χ1v) is 6.87. The van der Waals surface area contributed by atoms with Crippen LogP contribution < -0.4 is 5.32 Å². The topological polar surface area (TPSA) is 21.3 Å². The van der Waals surface area contributed by atoms with Crippen LogP contribution >= 0.6 is 0 Å². The molecule has 0 amide bonds. The van der Waals surface area contributed by atoms with Crippen LogP contribution in [0.1, 0.15) is 28.3 Å². The minimum absolute atomic E-state index is 0.190. The zero-order valence-electron chi connectivity index (χ0n) is 11.5. The lowest BCUT2D eigenvalue weighted by atomic mass is 9.96. The van der Waals surface area contributed by atoms with E-state index >= 15 is 0 Å². The summed E-state index contributed by atoms with van der Waals surface area (Å²) in [4.78, 5) is 0. The van der Waals surface area contributed by atoms with E-state index in [1.54, 1.807) is 0 Å². The molecule has 0 saturated carbocycles. The Bertz CT molecular complexity index is 594. The summed E-state index contributed by atoms with van der Waals surface area (Å²) >= 11 is 0. The number of nitrogens with one attached hydrogen (secondary N) is 1. The van der Waals surface area contributed by atoms with Gasteiger partial charge in [0.05, 0.1) is 13.2 Å². The standard InChI is InChI=1S/C17H18FNO/c1-19-17(8-12-2-6-16(18)7-3-12)13-4-5-14-10-20-11-15(14)9-13/h2-7,9,17,19H,8,10-11H2,1H3. The molecule has 0 fully saturated rings. The number of benzene rings is 2. The predicted octanol–water partition coefficient (Wildman–Crippen LogP) is 3.36. The van der Waals surface area contributed by atoms with Gasteiger partial charge in [-0.1, -0.05) is 30.3 Å². The van der Waals surface area contributed by atoms with Crippen LogP contribution in [0.25, 0.3) is 0 Å². The molecule has 0 aliphatic carbocycles. The Morgan fingerprint density at radius 2 is 1.85 bits per heavy atom.